The van der Waals surface area contributed by atoms with Crippen molar-refractivity contribution in [1.29, 1.82) is 0 Å². The van der Waals surface area contributed by atoms with Gasteiger partial charge in [0.25, 0.3) is 0 Å². The number of carboxylic acid groups (broad SMARTS) is 1. The van der Waals surface area contributed by atoms with Gasteiger partial charge in [-0.05, 0) is 50.5 Å². The molecule has 0 aromatic carbocycles. The fraction of sp³-hybridized carbons (Fsp3) is 0.800. The maximum absolute atomic E-state index is 11.0. The molecular formula is C25H42O7. The second kappa shape index (κ2) is 11.7. The number of epoxide rings is 1. The Morgan fingerprint density at radius 1 is 1.28 bits per heavy atom. The van der Waals surface area contributed by atoms with Crippen LogP contribution in [0.2, 0.25) is 0 Å². The quantitative estimate of drug-likeness (QED) is 0.306. The van der Waals surface area contributed by atoms with E-state index in [0.717, 1.165) is 24.8 Å². The number of methoxy groups -OCH3 is 1. The first-order valence-corrected chi connectivity index (χ1v) is 11.8. The minimum Gasteiger partial charge on any atom is -0.481 e. The molecule has 2 fully saturated rings. The average Bonchev–Trinajstić information content (AvgIpc) is 3.37. The number of carbonyl (C=O) groups is 1. The molecule has 2 saturated heterocycles. The monoisotopic (exact) mass is 454 g/mol. The molecular weight excluding hydrogens is 412 g/mol. The van der Waals surface area contributed by atoms with Crippen molar-refractivity contribution in [1.82, 2.24) is 0 Å². The summed E-state index contributed by atoms with van der Waals surface area (Å²) in [6.07, 6.45) is 7.04. The molecule has 0 aromatic heterocycles. The summed E-state index contributed by atoms with van der Waals surface area (Å²) >= 11 is 0. The van der Waals surface area contributed by atoms with E-state index < -0.39 is 12.1 Å². The maximum Gasteiger partial charge on any atom is 0.305 e. The summed E-state index contributed by atoms with van der Waals surface area (Å²) in [6, 6.07) is 0. The van der Waals surface area contributed by atoms with Crippen LogP contribution in [-0.4, -0.2) is 71.1 Å². The van der Waals surface area contributed by atoms with Crippen LogP contribution in [0.5, 0.6) is 0 Å². The van der Waals surface area contributed by atoms with Crippen molar-refractivity contribution in [2.45, 2.75) is 96.4 Å². The summed E-state index contributed by atoms with van der Waals surface area (Å²) < 4.78 is 17.5. The number of aliphatic hydroxyl groups is 2. The molecule has 0 aromatic rings. The Labute approximate surface area is 192 Å². The van der Waals surface area contributed by atoms with Crippen molar-refractivity contribution in [3.8, 4) is 0 Å². The number of carboxylic acids is 1. The third kappa shape index (κ3) is 7.12. The van der Waals surface area contributed by atoms with Crippen molar-refractivity contribution >= 4 is 5.97 Å². The van der Waals surface area contributed by atoms with Crippen LogP contribution >= 0.6 is 0 Å². The number of ether oxygens (including phenoxy) is 3. The highest BCUT2D eigenvalue weighted by atomic mass is 16.6. The van der Waals surface area contributed by atoms with E-state index >= 15 is 0 Å². The molecule has 0 aliphatic carbocycles. The van der Waals surface area contributed by atoms with Gasteiger partial charge in [-0.25, -0.2) is 0 Å². The fourth-order valence-electron chi connectivity index (χ4n) is 5.23. The van der Waals surface area contributed by atoms with Gasteiger partial charge in [-0.3, -0.25) is 4.79 Å². The zero-order chi connectivity index (χ0) is 24.1. The van der Waals surface area contributed by atoms with E-state index in [-0.39, 0.29) is 60.8 Å². The summed E-state index contributed by atoms with van der Waals surface area (Å²) in [6.45, 7) is 9.97. The summed E-state index contributed by atoms with van der Waals surface area (Å²) in [7, 11) is 1.62. The molecule has 32 heavy (non-hydrogen) atoms. The molecule has 0 bridgehead atoms. The Balaban J connectivity index is 1.94. The maximum atomic E-state index is 11.0. The molecule has 0 radical (unpaired) electrons. The SMILES string of the molecule is COC(C(C)O)C(C)C1OC1(C)CC(C)/C=C/C=C(\CO)C1OC(CC(=O)O)CCC1C. The van der Waals surface area contributed by atoms with Gasteiger partial charge in [-0.15, -0.1) is 0 Å². The molecule has 2 rings (SSSR count). The van der Waals surface area contributed by atoms with E-state index in [4.69, 9.17) is 19.3 Å². The molecule has 7 heteroatoms. The van der Waals surface area contributed by atoms with Crippen LogP contribution in [0.25, 0.3) is 0 Å². The predicted octanol–water partition coefficient (Wildman–Crippen LogP) is 3.34. The molecule has 2 aliphatic heterocycles. The van der Waals surface area contributed by atoms with Gasteiger partial charge in [0.2, 0.25) is 0 Å². The fourth-order valence-corrected chi connectivity index (χ4v) is 5.23. The highest BCUT2D eigenvalue weighted by Crippen LogP contribution is 2.47. The first kappa shape index (κ1) is 27.0. The van der Waals surface area contributed by atoms with E-state index in [1.165, 1.54) is 0 Å². The Hall–Kier alpha value is -1.25. The number of rotatable bonds is 12. The Morgan fingerprint density at radius 2 is 1.97 bits per heavy atom. The summed E-state index contributed by atoms with van der Waals surface area (Å²) in [5.41, 5.74) is 0.528. The highest BCUT2D eigenvalue weighted by Gasteiger charge is 2.56. The lowest BCUT2D eigenvalue weighted by Crippen LogP contribution is -2.37. The van der Waals surface area contributed by atoms with E-state index in [0.29, 0.717) is 0 Å². The van der Waals surface area contributed by atoms with E-state index in [2.05, 4.69) is 33.8 Å². The lowest BCUT2D eigenvalue weighted by molar-refractivity contribution is -0.144. The van der Waals surface area contributed by atoms with Crippen LogP contribution in [0.4, 0.5) is 0 Å². The standard InChI is InChI=1S/C25H42O7/c1-15(13-25(5)24(32-25)17(3)23(30-6)18(4)27)8-7-9-19(14-26)22-16(2)10-11-20(31-22)12-21(28)29/h7-9,15-18,20,22-24,26-27H,10-14H2,1-6H3,(H,28,29)/b8-7+,19-9+. The molecule has 9 atom stereocenters. The summed E-state index contributed by atoms with van der Waals surface area (Å²) in [5.74, 6) is -0.288. The zero-order valence-corrected chi connectivity index (χ0v) is 20.4. The van der Waals surface area contributed by atoms with Gasteiger partial charge in [0.05, 0.1) is 49.1 Å². The van der Waals surface area contributed by atoms with E-state index in [9.17, 15) is 15.0 Å². The third-order valence-electron chi connectivity index (χ3n) is 6.91. The molecule has 2 aliphatic rings. The molecule has 0 amide bonds. The van der Waals surface area contributed by atoms with Gasteiger partial charge in [0.1, 0.15) is 0 Å². The Bertz CT molecular complexity index is 673. The van der Waals surface area contributed by atoms with Crippen molar-refractivity contribution in [2.24, 2.45) is 17.8 Å². The molecule has 9 unspecified atom stereocenters. The average molecular weight is 455 g/mol. The van der Waals surface area contributed by atoms with Crippen molar-refractivity contribution in [3.05, 3.63) is 23.8 Å². The molecule has 0 spiro atoms. The van der Waals surface area contributed by atoms with E-state index in [1.807, 2.05) is 12.2 Å². The summed E-state index contributed by atoms with van der Waals surface area (Å²) in [4.78, 5) is 11.0. The van der Waals surface area contributed by atoms with Gasteiger partial charge in [-0.1, -0.05) is 39.0 Å². The van der Waals surface area contributed by atoms with Gasteiger partial charge in [0, 0.05) is 13.0 Å². The number of hydrogen-bond acceptors (Lipinski definition) is 6. The topological polar surface area (TPSA) is 109 Å². The van der Waals surface area contributed by atoms with E-state index in [1.54, 1.807) is 14.0 Å². The highest BCUT2D eigenvalue weighted by molar-refractivity contribution is 5.67. The number of allylic oxidation sites excluding steroid dienone is 3. The number of aliphatic carboxylic acids is 1. The lowest BCUT2D eigenvalue weighted by Gasteiger charge is -2.35. The van der Waals surface area contributed by atoms with Crippen LogP contribution in [-0.2, 0) is 19.0 Å². The molecule has 7 nitrogen and oxygen atoms in total. The zero-order valence-electron chi connectivity index (χ0n) is 20.4. The Morgan fingerprint density at radius 3 is 2.53 bits per heavy atom. The molecule has 184 valence electrons. The smallest absolute Gasteiger partial charge is 0.305 e. The van der Waals surface area contributed by atoms with Gasteiger partial charge in [0.15, 0.2) is 0 Å². The summed E-state index contributed by atoms with van der Waals surface area (Å²) in [5, 5.41) is 28.9. The van der Waals surface area contributed by atoms with Crippen molar-refractivity contribution in [2.75, 3.05) is 13.7 Å². The Kier molecular flexibility index (Phi) is 9.91. The molecule has 0 saturated carbocycles. The van der Waals surface area contributed by atoms with Crippen LogP contribution < -0.4 is 0 Å². The van der Waals surface area contributed by atoms with Crippen LogP contribution in [0.3, 0.4) is 0 Å². The normalized spacial score (nSPS) is 34.8. The number of aliphatic hydroxyl groups excluding tert-OH is 2. The van der Waals surface area contributed by atoms with Crippen LogP contribution in [0.1, 0.15) is 60.3 Å². The minimum absolute atomic E-state index is 0.00797. The first-order chi connectivity index (χ1) is 15.0. The molecule has 2 heterocycles. The van der Waals surface area contributed by atoms with Gasteiger partial charge < -0.3 is 29.5 Å². The van der Waals surface area contributed by atoms with Gasteiger partial charge in [-0.2, -0.15) is 0 Å². The van der Waals surface area contributed by atoms with Crippen molar-refractivity contribution < 1.29 is 34.3 Å². The van der Waals surface area contributed by atoms with Gasteiger partial charge >= 0.3 is 5.97 Å². The molecule has 3 N–H and O–H groups in total. The van der Waals surface area contributed by atoms with Crippen LogP contribution in [0, 0.1) is 17.8 Å². The van der Waals surface area contributed by atoms with Crippen LogP contribution in [0.15, 0.2) is 23.8 Å². The third-order valence-corrected chi connectivity index (χ3v) is 6.91. The predicted molar refractivity (Wildman–Crippen MR) is 122 cm³/mol. The minimum atomic E-state index is -0.861. The largest absolute Gasteiger partial charge is 0.481 e. The van der Waals surface area contributed by atoms with Crippen molar-refractivity contribution in [3.63, 3.8) is 0 Å². The second-order valence-electron chi connectivity index (χ2n) is 9.95. The number of hydrogen-bond donors (Lipinski definition) is 3. The first-order valence-electron chi connectivity index (χ1n) is 11.8. The second-order valence-corrected chi connectivity index (χ2v) is 9.95. The lowest BCUT2D eigenvalue weighted by atomic mass is 9.85.